The van der Waals surface area contributed by atoms with Crippen LogP contribution in [-0.4, -0.2) is 22.8 Å². The number of rotatable bonds is 4. The monoisotopic (exact) mass is 285 g/mol. The summed E-state index contributed by atoms with van der Waals surface area (Å²) < 4.78 is 0. The van der Waals surface area contributed by atoms with E-state index in [1.807, 2.05) is 0 Å². The maximum absolute atomic E-state index is 12.3. The zero-order valence-electron chi connectivity index (χ0n) is 11.5. The van der Waals surface area contributed by atoms with Gasteiger partial charge in [0.25, 0.3) is 11.8 Å². The molecule has 5 nitrogen and oxygen atoms in total. The van der Waals surface area contributed by atoms with Gasteiger partial charge in [-0.25, -0.2) is 4.79 Å². The van der Waals surface area contributed by atoms with E-state index in [2.05, 4.69) is 6.58 Å². The molecule has 0 saturated heterocycles. The van der Waals surface area contributed by atoms with Gasteiger partial charge in [-0.2, -0.15) is 0 Å². The molecule has 5 heteroatoms. The minimum atomic E-state index is -0.628. The third-order valence-corrected chi connectivity index (χ3v) is 4.21. The van der Waals surface area contributed by atoms with Crippen LogP contribution in [0.3, 0.4) is 0 Å². The lowest BCUT2D eigenvalue weighted by molar-refractivity contribution is -0.186. The number of hydroxylamine groups is 2. The second-order valence-corrected chi connectivity index (χ2v) is 5.46. The van der Waals surface area contributed by atoms with E-state index in [1.54, 1.807) is 30.3 Å². The van der Waals surface area contributed by atoms with Crippen molar-refractivity contribution in [2.24, 2.45) is 5.41 Å². The quantitative estimate of drug-likeness (QED) is 0.630. The van der Waals surface area contributed by atoms with Gasteiger partial charge in [-0.05, 0) is 31.4 Å². The predicted octanol–water partition coefficient (Wildman–Crippen LogP) is 2.49. The molecule has 1 saturated carbocycles. The SMILES string of the molecule is C=CCC1(C(=O)ON2C(=O)c3ccccc3C2=O)CCC1. The van der Waals surface area contributed by atoms with Crippen LogP contribution in [0, 0.1) is 5.41 Å². The molecule has 1 aromatic rings. The Morgan fingerprint density at radius 1 is 1.24 bits per heavy atom. The minimum Gasteiger partial charge on any atom is -0.329 e. The first-order chi connectivity index (χ1) is 10.1. The van der Waals surface area contributed by atoms with Gasteiger partial charge in [0.2, 0.25) is 0 Å². The number of amides is 2. The summed E-state index contributed by atoms with van der Waals surface area (Å²) >= 11 is 0. The molecule has 3 rings (SSSR count). The van der Waals surface area contributed by atoms with Crippen molar-refractivity contribution in [3.05, 3.63) is 48.0 Å². The minimum absolute atomic E-state index is 0.265. The molecule has 108 valence electrons. The van der Waals surface area contributed by atoms with Crippen molar-refractivity contribution in [3.8, 4) is 0 Å². The van der Waals surface area contributed by atoms with Crippen molar-refractivity contribution in [3.63, 3.8) is 0 Å². The molecule has 2 amide bonds. The largest absolute Gasteiger partial charge is 0.339 e. The molecule has 0 aromatic heterocycles. The van der Waals surface area contributed by atoms with Crippen molar-refractivity contribution in [2.75, 3.05) is 0 Å². The lowest BCUT2D eigenvalue weighted by Crippen LogP contribution is -2.44. The Hall–Kier alpha value is -2.43. The topological polar surface area (TPSA) is 63.7 Å². The van der Waals surface area contributed by atoms with Crippen LogP contribution in [-0.2, 0) is 9.63 Å². The molecule has 0 N–H and O–H groups in total. The highest BCUT2D eigenvalue weighted by Gasteiger charge is 2.48. The van der Waals surface area contributed by atoms with E-state index < -0.39 is 23.2 Å². The summed E-state index contributed by atoms with van der Waals surface area (Å²) in [5.41, 5.74) is -0.0970. The second-order valence-electron chi connectivity index (χ2n) is 5.46. The molecule has 0 radical (unpaired) electrons. The number of benzene rings is 1. The molecule has 2 aliphatic rings. The highest BCUT2D eigenvalue weighted by Crippen LogP contribution is 2.45. The van der Waals surface area contributed by atoms with Gasteiger partial charge in [-0.3, -0.25) is 9.59 Å². The van der Waals surface area contributed by atoms with E-state index in [0.717, 1.165) is 6.42 Å². The Bertz CT molecular complexity index is 610. The number of imide groups is 1. The molecule has 1 aromatic carbocycles. The highest BCUT2D eigenvalue weighted by atomic mass is 16.7. The predicted molar refractivity (Wildman–Crippen MR) is 74.1 cm³/mol. The molecule has 1 fully saturated rings. The summed E-state index contributed by atoms with van der Waals surface area (Å²) in [6.45, 7) is 3.65. The zero-order valence-corrected chi connectivity index (χ0v) is 11.5. The molecule has 1 aliphatic carbocycles. The Labute approximate surface area is 122 Å². The van der Waals surface area contributed by atoms with Crippen LogP contribution >= 0.6 is 0 Å². The maximum atomic E-state index is 12.3. The lowest BCUT2D eigenvalue weighted by Gasteiger charge is -2.38. The molecule has 21 heavy (non-hydrogen) atoms. The van der Waals surface area contributed by atoms with Crippen molar-refractivity contribution >= 4 is 17.8 Å². The molecule has 1 heterocycles. The summed E-state index contributed by atoms with van der Waals surface area (Å²) in [4.78, 5) is 41.7. The fourth-order valence-corrected chi connectivity index (χ4v) is 2.80. The number of fused-ring (bicyclic) bond motifs is 1. The fraction of sp³-hybridized carbons (Fsp3) is 0.312. The summed E-state index contributed by atoms with van der Waals surface area (Å²) in [7, 11) is 0. The first-order valence-corrected chi connectivity index (χ1v) is 6.90. The van der Waals surface area contributed by atoms with Crippen LogP contribution in [0.15, 0.2) is 36.9 Å². The van der Waals surface area contributed by atoms with Crippen molar-refractivity contribution in [2.45, 2.75) is 25.7 Å². The number of allylic oxidation sites excluding steroid dienone is 1. The van der Waals surface area contributed by atoms with E-state index >= 15 is 0 Å². The van der Waals surface area contributed by atoms with Crippen LogP contribution in [0.25, 0.3) is 0 Å². The first kappa shape index (κ1) is 13.5. The van der Waals surface area contributed by atoms with Crippen LogP contribution < -0.4 is 0 Å². The molecule has 0 spiro atoms. The van der Waals surface area contributed by atoms with E-state index in [1.165, 1.54) is 0 Å². The average Bonchev–Trinajstić information content (AvgIpc) is 2.68. The van der Waals surface area contributed by atoms with Gasteiger partial charge in [-0.1, -0.05) is 29.7 Å². The standard InChI is InChI=1S/C16H15NO4/c1-2-8-16(9-5-10-16)15(20)21-17-13(18)11-6-3-4-7-12(11)14(17)19/h2-4,6-7H,1,5,8-10H2. The number of carbonyl (C=O) groups excluding carboxylic acids is 3. The van der Waals surface area contributed by atoms with Crippen molar-refractivity contribution in [1.82, 2.24) is 5.06 Å². The molecule has 0 atom stereocenters. The highest BCUT2D eigenvalue weighted by molar-refractivity contribution is 6.20. The maximum Gasteiger partial charge on any atom is 0.339 e. The number of carbonyl (C=O) groups is 3. The molecular formula is C16H15NO4. The van der Waals surface area contributed by atoms with E-state index in [9.17, 15) is 14.4 Å². The zero-order chi connectivity index (χ0) is 15.0. The molecule has 1 aliphatic heterocycles. The Kier molecular flexibility index (Phi) is 3.12. The number of nitrogens with zero attached hydrogens (tertiary/aromatic N) is 1. The van der Waals surface area contributed by atoms with Crippen molar-refractivity contribution in [1.29, 1.82) is 0 Å². The van der Waals surface area contributed by atoms with E-state index in [-0.39, 0.29) is 11.1 Å². The van der Waals surface area contributed by atoms with E-state index in [0.29, 0.717) is 24.3 Å². The Morgan fingerprint density at radius 2 is 1.81 bits per heavy atom. The van der Waals surface area contributed by atoms with Gasteiger partial charge in [-0.15, -0.1) is 6.58 Å². The van der Waals surface area contributed by atoms with Crippen LogP contribution in [0.4, 0.5) is 0 Å². The summed E-state index contributed by atoms with van der Waals surface area (Å²) in [6, 6.07) is 6.43. The Morgan fingerprint density at radius 3 is 2.24 bits per heavy atom. The number of hydrogen-bond acceptors (Lipinski definition) is 4. The Balaban J connectivity index is 1.81. The van der Waals surface area contributed by atoms with Crippen LogP contribution in [0.2, 0.25) is 0 Å². The smallest absolute Gasteiger partial charge is 0.329 e. The number of hydrogen-bond donors (Lipinski definition) is 0. The van der Waals surface area contributed by atoms with Gasteiger partial charge in [0.15, 0.2) is 0 Å². The third-order valence-electron chi connectivity index (χ3n) is 4.21. The molecule has 0 bridgehead atoms. The second kappa shape index (κ2) is 4.84. The fourth-order valence-electron chi connectivity index (χ4n) is 2.80. The summed E-state index contributed by atoms with van der Waals surface area (Å²) in [6.07, 6.45) is 4.49. The summed E-state index contributed by atoms with van der Waals surface area (Å²) in [5, 5.41) is 0.580. The normalized spacial score (nSPS) is 19.0. The van der Waals surface area contributed by atoms with Gasteiger partial charge in [0.1, 0.15) is 0 Å². The average molecular weight is 285 g/mol. The molecule has 0 unspecified atom stereocenters. The summed E-state index contributed by atoms with van der Waals surface area (Å²) in [5.74, 6) is -1.70. The lowest BCUT2D eigenvalue weighted by atomic mass is 9.67. The van der Waals surface area contributed by atoms with Crippen LogP contribution in [0.1, 0.15) is 46.4 Å². The van der Waals surface area contributed by atoms with Gasteiger partial charge < -0.3 is 4.84 Å². The third kappa shape index (κ3) is 1.96. The molecular weight excluding hydrogens is 270 g/mol. The van der Waals surface area contributed by atoms with Crippen molar-refractivity contribution < 1.29 is 19.2 Å². The van der Waals surface area contributed by atoms with Crippen LogP contribution in [0.5, 0.6) is 0 Å². The van der Waals surface area contributed by atoms with Gasteiger partial charge >= 0.3 is 5.97 Å². The first-order valence-electron chi connectivity index (χ1n) is 6.90. The van der Waals surface area contributed by atoms with Gasteiger partial charge in [0.05, 0.1) is 16.5 Å². The van der Waals surface area contributed by atoms with Gasteiger partial charge in [0, 0.05) is 0 Å². The van der Waals surface area contributed by atoms with E-state index in [4.69, 9.17) is 4.84 Å².